The number of rotatable bonds is 4. The highest BCUT2D eigenvalue weighted by atomic mass is 32.1. The summed E-state index contributed by atoms with van der Waals surface area (Å²) in [5, 5.41) is 0.816. The van der Waals surface area contributed by atoms with E-state index in [0.717, 1.165) is 67.0 Å². The molecule has 28 heavy (non-hydrogen) atoms. The molecule has 0 spiro atoms. The number of benzene rings is 1. The number of thiophene rings is 1. The van der Waals surface area contributed by atoms with Gasteiger partial charge in [-0.3, -0.25) is 14.6 Å². The molecule has 0 radical (unpaired) electrons. The van der Waals surface area contributed by atoms with E-state index in [2.05, 4.69) is 14.8 Å². The molecular weight excluding hydrogens is 375 g/mol. The Morgan fingerprint density at radius 1 is 1.07 bits per heavy atom. The number of hydrogen-bond donors (Lipinski definition) is 1. The van der Waals surface area contributed by atoms with Crippen LogP contribution in [0.4, 0.5) is 4.39 Å². The Morgan fingerprint density at radius 2 is 1.82 bits per heavy atom. The summed E-state index contributed by atoms with van der Waals surface area (Å²) in [5.41, 5.74) is 1.98. The van der Waals surface area contributed by atoms with Gasteiger partial charge in [-0.25, -0.2) is 9.37 Å². The zero-order valence-corrected chi connectivity index (χ0v) is 16.5. The lowest BCUT2D eigenvalue weighted by Crippen LogP contribution is -2.45. The fraction of sp³-hybridized carbons (Fsp3) is 0.429. The van der Waals surface area contributed by atoms with Crippen LogP contribution in [0.15, 0.2) is 29.1 Å². The first-order valence-corrected chi connectivity index (χ1v) is 10.7. The lowest BCUT2D eigenvalue weighted by Gasteiger charge is -2.34. The van der Waals surface area contributed by atoms with Gasteiger partial charge in [0.25, 0.3) is 5.56 Å². The van der Waals surface area contributed by atoms with Gasteiger partial charge in [0.05, 0.1) is 11.9 Å². The summed E-state index contributed by atoms with van der Waals surface area (Å²) in [7, 11) is 0. The number of hydrogen-bond acceptors (Lipinski definition) is 5. The minimum Gasteiger partial charge on any atom is -0.309 e. The van der Waals surface area contributed by atoms with Crippen molar-refractivity contribution in [2.75, 3.05) is 26.2 Å². The third-order valence-corrected chi connectivity index (χ3v) is 7.00. The SMILES string of the molecule is O=c1[nH]c(CN2CCN(Cc3ccccc3F)CC2)nc2sc3c(c12)CCC3. The molecule has 0 amide bonds. The molecule has 146 valence electrons. The number of aromatic amines is 1. The van der Waals surface area contributed by atoms with E-state index in [1.54, 1.807) is 17.4 Å². The summed E-state index contributed by atoms with van der Waals surface area (Å²) in [4.78, 5) is 27.2. The van der Waals surface area contributed by atoms with Crippen LogP contribution >= 0.6 is 11.3 Å². The number of nitrogens with zero attached hydrogens (tertiary/aromatic N) is 3. The summed E-state index contributed by atoms with van der Waals surface area (Å²) in [6, 6.07) is 6.98. The van der Waals surface area contributed by atoms with Crippen molar-refractivity contribution in [3.8, 4) is 0 Å². The second-order valence-corrected chi connectivity index (χ2v) is 8.78. The van der Waals surface area contributed by atoms with Crippen molar-refractivity contribution < 1.29 is 4.39 Å². The number of fused-ring (bicyclic) bond motifs is 3. The van der Waals surface area contributed by atoms with Gasteiger partial charge < -0.3 is 4.98 Å². The molecule has 5 nitrogen and oxygen atoms in total. The second kappa shape index (κ2) is 7.39. The van der Waals surface area contributed by atoms with E-state index in [9.17, 15) is 9.18 Å². The molecule has 2 aliphatic rings. The van der Waals surface area contributed by atoms with Crippen LogP contribution in [-0.4, -0.2) is 45.9 Å². The van der Waals surface area contributed by atoms with Crippen molar-refractivity contribution >= 4 is 21.6 Å². The van der Waals surface area contributed by atoms with Gasteiger partial charge in [-0.2, -0.15) is 0 Å². The Balaban J connectivity index is 1.24. The van der Waals surface area contributed by atoms with Crippen LogP contribution in [0, 0.1) is 5.82 Å². The molecule has 2 aromatic heterocycles. The summed E-state index contributed by atoms with van der Waals surface area (Å²) < 4.78 is 13.9. The van der Waals surface area contributed by atoms with Crippen LogP contribution in [0.5, 0.6) is 0 Å². The Kier molecular flexibility index (Phi) is 4.74. The van der Waals surface area contributed by atoms with Gasteiger partial charge in [0.2, 0.25) is 0 Å². The number of H-pyrrole nitrogens is 1. The molecule has 1 aliphatic carbocycles. The van der Waals surface area contributed by atoms with Crippen LogP contribution in [0.3, 0.4) is 0 Å². The minimum atomic E-state index is -0.136. The number of aryl methyl sites for hydroxylation is 2. The molecule has 0 bridgehead atoms. The van der Waals surface area contributed by atoms with Crippen LogP contribution in [0.2, 0.25) is 0 Å². The fourth-order valence-electron chi connectivity index (χ4n) is 4.31. The molecular formula is C21H23FN4OS. The molecule has 1 N–H and O–H groups in total. The van der Waals surface area contributed by atoms with Gasteiger partial charge in [0, 0.05) is 43.2 Å². The van der Waals surface area contributed by atoms with Crippen molar-refractivity contribution in [3.63, 3.8) is 0 Å². The van der Waals surface area contributed by atoms with Gasteiger partial charge in [-0.05, 0) is 30.9 Å². The molecule has 1 fully saturated rings. The highest BCUT2D eigenvalue weighted by Crippen LogP contribution is 2.34. The molecule has 0 atom stereocenters. The Bertz CT molecular complexity index is 1070. The number of piperazine rings is 1. The molecule has 1 aromatic carbocycles. The van der Waals surface area contributed by atoms with E-state index >= 15 is 0 Å². The first kappa shape index (κ1) is 18.0. The molecule has 7 heteroatoms. The maximum atomic E-state index is 13.9. The van der Waals surface area contributed by atoms with E-state index in [1.807, 2.05) is 12.1 Å². The van der Waals surface area contributed by atoms with E-state index in [4.69, 9.17) is 4.98 Å². The Morgan fingerprint density at radius 3 is 2.61 bits per heavy atom. The standard InChI is InChI=1S/C21H23FN4OS/c22-16-6-2-1-4-14(16)12-25-8-10-26(11-9-25)13-18-23-20(27)19-15-5-3-7-17(15)28-21(19)24-18/h1-2,4,6H,3,5,7-13H2,(H,23,24,27). The monoisotopic (exact) mass is 398 g/mol. The Labute approximate surface area is 166 Å². The molecule has 1 aliphatic heterocycles. The van der Waals surface area contributed by atoms with Crippen LogP contribution < -0.4 is 5.56 Å². The smallest absolute Gasteiger partial charge is 0.259 e. The highest BCUT2D eigenvalue weighted by molar-refractivity contribution is 7.18. The van der Waals surface area contributed by atoms with Gasteiger partial charge in [0.15, 0.2) is 0 Å². The molecule has 0 saturated carbocycles. The third-order valence-electron chi connectivity index (χ3n) is 5.81. The van der Waals surface area contributed by atoms with Crippen molar-refractivity contribution in [1.29, 1.82) is 0 Å². The summed E-state index contributed by atoms with van der Waals surface area (Å²) >= 11 is 1.69. The minimum absolute atomic E-state index is 0.0117. The van der Waals surface area contributed by atoms with E-state index < -0.39 is 0 Å². The summed E-state index contributed by atoms with van der Waals surface area (Å²) in [6.07, 6.45) is 3.23. The van der Waals surface area contributed by atoms with Crippen LogP contribution in [0.1, 0.15) is 28.2 Å². The summed E-state index contributed by atoms with van der Waals surface area (Å²) in [6.45, 7) is 4.83. The lowest BCUT2D eigenvalue weighted by molar-refractivity contribution is 0.119. The largest absolute Gasteiger partial charge is 0.309 e. The molecule has 1 saturated heterocycles. The average molecular weight is 399 g/mol. The van der Waals surface area contributed by atoms with Crippen molar-refractivity contribution in [2.45, 2.75) is 32.4 Å². The van der Waals surface area contributed by atoms with Gasteiger partial charge in [-0.15, -0.1) is 11.3 Å². The topological polar surface area (TPSA) is 52.2 Å². The van der Waals surface area contributed by atoms with Crippen molar-refractivity contribution in [1.82, 2.24) is 19.8 Å². The Hall–Kier alpha value is -2.09. The van der Waals surface area contributed by atoms with Crippen LogP contribution in [0.25, 0.3) is 10.2 Å². The predicted molar refractivity (Wildman–Crippen MR) is 109 cm³/mol. The normalized spacial score (nSPS) is 18.0. The average Bonchev–Trinajstić information content (AvgIpc) is 3.26. The van der Waals surface area contributed by atoms with Crippen molar-refractivity contribution in [2.24, 2.45) is 0 Å². The molecule has 3 aromatic rings. The second-order valence-electron chi connectivity index (χ2n) is 7.69. The molecule has 0 unspecified atom stereocenters. The fourth-order valence-corrected chi connectivity index (χ4v) is 5.59. The third kappa shape index (κ3) is 3.38. The van der Waals surface area contributed by atoms with E-state index in [1.165, 1.54) is 16.5 Å². The number of aromatic nitrogens is 2. The number of halogens is 1. The lowest BCUT2D eigenvalue weighted by atomic mass is 10.2. The first-order chi connectivity index (χ1) is 13.7. The van der Waals surface area contributed by atoms with Crippen molar-refractivity contribution in [3.05, 3.63) is 62.3 Å². The van der Waals surface area contributed by atoms with Crippen LogP contribution in [-0.2, 0) is 25.9 Å². The zero-order chi connectivity index (χ0) is 19.1. The number of nitrogens with one attached hydrogen (secondary N) is 1. The first-order valence-electron chi connectivity index (χ1n) is 9.89. The van der Waals surface area contributed by atoms with Gasteiger partial charge in [0.1, 0.15) is 16.5 Å². The van der Waals surface area contributed by atoms with Gasteiger partial charge in [-0.1, -0.05) is 18.2 Å². The summed E-state index contributed by atoms with van der Waals surface area (Å²) in [5.74, 6) is 0.614. The van der Waals surface area contributed by atoms with Gasteiger partial charge >= 0.3 is 0 Å². The quantitative estimate of drug-likeness (QED) is 0.734. The molecule has 3 heterocycles. The maximum Gasteiger partial charge on any atom is 0.259 e. The zero-order valence-electron chi connectivity index (χ0n) is 15.7. The van der Waals surface area contributed by atoms with E-state index in [-0.39, 0.29) is 11.4 Å². The maximum absolute atomic E-state index is 13.9. The van der Waals surface area contributed by atoms with E-state index in [0.29, 0.717) is 13.1 Å². The highest BCUT2D eigenvalue weighted by Gasteiger charge is 2.22. The molecule has 5 rings (SSSR count). The predicted octanol–water partition coefficient (Wildman–Crippen LogP) is 2.93.